The van der Waals surface area contributed by atoms with Crippen molar-refractivity contribution in [1.82, 2.24) is 0 Å². The Hall–Kier alpha value is -1.10. The molecule has 1 aromatic rings. The van der Waals surface area contributed by atoms with Crippen molar-refractivity contribution in [3.63, 3.8) is 0 Å². The highest BCUT2D eigenvalue weighted by molar-refractivity contribution is 6.30. The molecule has 0 bridgehead atoms. The lowest BCUT2D eigenvalue weighted by atomic mass is 10.2. The molecule has 4 nitrogen and oxygen atoms in total. The number of halogens is 1. The summed E-state index contributed by atoms with van der Waals surface area (Å²) < 4.78 is 5.51. The van der Waals surface area contributed by atoms with Gasteiger partial charge in [-0.15, -0.1) is 0 Å². The van der Waals surface area contributed by atoms with Crippen molar-refractivity contribution < 1.29 is 9.53 Å². The Balaban J connectivity index is 1.91. The van der Waals surface area contributed by atoms with E-state index in [1.165, 1.54) is 0 Å². The Kier molecular flexibility index (Phi) is 3.99. The lowest BCUT2D eigenvalue weighted by molar-refractivity contribution is -0.126. The molecule has 0 unspecified atom stereocenters. The van der Waals surface area contributed by atoms with Crippen LogP contribution in [0.4, 0.5) is 5.69 Å². The second kappa shape index (κ2) is 5.49. The minimum atomic E-state index is -0.390. The van der Waals surface area contributed by atoms with E-state index in [9.17, 15) is 4.79 Å². The molecule has 2 rings (SSSR count). The fourth-order valence-corrected chi connectivity index (χ4v) is 1.95. The first-order valence-corrected chi connectivity index (χ1v) is 5.99. The Morgan fingerprint density at radius 3 is 2.71 bits per heavy atom. The van der Waals surface area contributed by atoms with Crippen LogP contribution in [0.5, 0.6) is 0 Å². The maximum atomic E-state index is 11.9. The van der Waals surface area contributed by atoms with E-state index >= 15 is 0 Å². The number of nitrogens with one attached hydrogen (secondary N) is 1. The van der Waals surface area contributed by atoms with Crippen LogP contribution < -0.4 is 11.1 Å². The van der Waals surface area contributed by atoms with Crippen molar-refractivity contribution in [3.05, 3.63) is 29.3 Å². The molecule has 1 aliphatic rings. The Morgan fingerprint density at radius 2 is 2.12 bits per heavy atom. The molecule has 0 saturated carbocycles. The number of carbonyl (C=O) groups is 1. The molecule has 17 heavy (non-hydrogen) atoms. The summed E-state index contributed by atoms with van der Waals surface area (Å²) in [6, 6.07) is 6.98. The lowest BCUT2D eigenvalue weighted by Gasteiger charge is -2.12. The molecule has 0 aromatic heterocycles. The quantitative estimate of drug-likeness (QED) is 0.864. The smallest absolute Gasteiger partial charge is 0.253 e. The van der Waals surface area contributed by atoms with Crippen LogP contribution in [-0.2, 0) is 9.53 Å². The number of anilines is 1. The van der Waals surface area contributed by atoms with Gasteiger partial charge in [-0.2, -0.15) is 0 Å². The molecule has 1 saturated heterocycles. The Morgan fingerprint density at radius 1 is 1.41 bits per heavy atom. The number of hydrogen-bond donors (Lipinski definition) is 2. The van der Waals surface area contributed by atoms with Crippen LogP contribution in [0.1, 0.15) is 12.8 Å². The molecule has 0 radical (unpaired) electrons. The maximum absolute atomic E-state index is 11.9. The molecule has 5 heteroatoms. The third kappa shape index (κ3) is 3.19. The van der Waals surface area contributed by atoms with Gasteiger partial charge in [0.1, 0.15) is 6.10 Å². The predicted octanol–water partition coefficient (Wildman–Crippen LogP) is 1.78. The number of rotatable bonds is 3. The highest BCUT2D eigenvalue weighted by Gasteiger charge is 2.29. The van der Waals surface area contributed by atoms with E-state index < -0.39 is 0 Å². The van der Waals surface area contributed by atoms with Crippen LogP contribution in [0.2, 0.25) is 5.02 Å². The Labute approximate surface area is 105 Å². The van der Waals surface area contributed by atoms with Gasteiger partial charge >= 0.3 is 0 Å². The van der Waals surface area contributed by atoms with Gasteiger partial charge in [0.15, 0.2) is 0 Å². The van der Waals surface area contributed by atoms with Crippen molar-refractivity contribution in [1.29, 1.82) is 0 Å². The van der Waals surface area contributed by atoms with E-state index in [4.69, 9.17) is 22.1 Å². The first kappa shape index (κ1) is 12.4. The van der Waals surface area contributed by atoms with Gasteiger partial charge in [-0.3, -0.25) is 4.79 Å². The zero-order valence-corrected chi connectivity index (χ0v) is 10.1. The van der Waals surface area contributed by atoms with E-state index in [0.29, 0.717) is 11.6 Å². The third-order valence-corrected chi connectivity index (χ3v) is 3.03. The molecule has 0 spiro atoms. The van der Waals surface area contributed by atoms with Gasteiger partial charge < -0.3 is 15.8 Å². The van der Waals surface area contributed by atoms with E-state index in [2.05, 4.69) is 5.32 Å². The van der Waals surface area contributed by atoms with Crippen LogP contribution in [0.15, 0.2) is 24.3 Å². The summed E-state index contributed by atoms with van der Waals surface area (Å²) in [6.07, 6.45) is 1.19. The number of ether oxygens (including phenoxy) is 1. The molecule has 2 atom stereocenters. The minimum absolute atomic E-state index is 0.0102. The predicted molar refractivity (Wildman–Crippen MR) is 67.0 cm³/mol. The fourth-order valence-electron chi connectivity index (χ4n) is 1.83. The molecular weight excluding hydrogens is 240 g/mol. The monoisotopic (exact) mass is 254 g/mol. The van der Waals surface area contributed by atoms with Gasteiger partial charge in [-0.1, -0.05) is 11.6 Å². The summed E-state index contributed by atoms with van der Waals surface area (Å²) in [5.41, 5.74) is 6.22. The van der Waals surface area contributed by atoms with Crippen molar-refractivity contribution in [2.75, 3.05) is 11.9 Å². The van der Waals surface area contributed by atoms with Crippen LogP contribution >= 0.6 is 11.6 Å². The number of carbonyl (C=O) groups excluding carboxylic acids is 1. The van der Waals surface area contributed by atoms with Crippen molar-refractivity contribution in [2.24, 2.45) is 5.73 Å². The summed E-state index contributed by atoms with van der Waals surface area (Å²) in [7, 11) is 0. The second-order valence-corrected chi connectivity index (χ2v) is 4.49. The SMILES string of the molecule is NC[C@H]1CC[C@@H](C(=O)Nc2ccc(Cl)cc2)O1. The normalized spacial score (nSPS) is 23.6. The highest BCUT2D eigenvalue weighted by atomic mass is 35.5. The molecule has 1 aromatic carbocycles. The zero-order chi connectivity index (χ0) is 12.3. The number of nitrogens with two attached hydrogens (primary N) is 1. The third-order valence-electron chi connectivity index (χ3n) is 2.77. The maximum Gasteiger partial charge on any atom is 0.253 e. The standard InChI is InChI=1S/C12H15ClN2O2/c13-8-1-3-9(4-2-8)15-12(16)11-6-5-10(7-14)17-11/h1-4,10-11H,5-7,14H2,(H,15,16)/t10-,11+/m1/s1. The van der Waals surface area contributed by atoms with Crippen molar-refractivity contribution in [2.45, 2.75) is 25.0 Å². The lowest BCUT2D eigenvalue weighted by Crippen LogP contribution is -2.29. The molecule has 0 aliphatic carbocycles. The number of hydrogen-bond acceptors (Lipinski definition) is 3. The average Bonchev–Trinajstić information content (AvgIpc) is 2.81. The minimum Gasteiger partial charge on any atom is -0.364 e. The first-order chi connectivity index (χ1) is 8.19. The van der Waals surface area contributed by atoms with E-state index in [1.807, 2.05) is 0 Å². The van der Waals surface area contributed by atoms with E-state index in [-0.39, 0.29) is 18.1 Å². The summed E-state index contributed by atoms with van der Waals surface area (Å²) in [4.78, 5) is 11.9. The van der Waals surface area contributed by atoms with Gasteiger partial charge in [0.05, 0.1) is 6.10 Å². The van der Waals surface area contributed by atoms with Crippen LogP contribution in [0, 0.1) is 0 Å². The summed E-state index contributed by atoms with van der Waals surface area (Å²) >= 11 is 5.76. The van der Waals surface area contributed by atoms with E-state index in [0.717, 1.165) is 18.5 Å². The molecule has 1 amide bonds. The van der Waals surface area contributed by atoms with Crippen LogP contribution in [-0.4, -0.2) is 24.7 Å². The molecular formula is C12H15ClN2O2. The summed E-state index contributed by atoms with van der Waals surface area (Å²) in [6.45, 7) is 0.463. The zero-order valence-electron chi connectivity index (χ0n) is 9.36. The van der Waals surface area contributed by atoms with Gasteiger partial charge in [0.2, 0.25) is 0 Å². The first-order valence-electron chi connectivity index (χ1n) is 5.61. The Bertz CT molecular complexity index is 394. The second-order valence-electron chi connectivity index (χ2n) is 4.06. The topological polar surface area (TPSA) is 64.4 Å². The van der Waals surface area contributed by atoms with Crippen LogP contribution in [0.25, 0.3) is 0 Å². The number of benzene rings is 1. The fraction of sp³-hybridized carbons (Fsp3) is 0.417. The highest BCUT2D eigenvalue weighted by Crippen LogP contribution is 2.21. The average molecular weight is 255 g/mol. The van der Waals surface area contributed by atoms with Crippen molar-refractivity contribution in [3.8, 4) is 0 Å². The van der Waals surface area contributed by atoms with Gasteiger partial charge in [0.25, 0.3) is 5.91 Å². The van der Waals surface area contributed by atoms with Gasteiger partial charge in [0, 0.05) is 17.3 Å². The largest absolute Gasteiger partial charge is 0.364 e. The van der Waals surface area contributed by atoms with Gasteiger partial charge in [-0.05, 0) is 37.1 Å². The van der Waals surface area contributed by atoms with Crippen LogP contribution in [0.3, 0.4) is 0 Å². The molecule has 92 valence electrons. The molecule has 1 fully saturated rings. The molecule has 3 N–H and O–H groups in total. The summed E-state index contributed by atoms with van der Waals surface area (Å²) in [5, 5.41) is 3.43. The molecule has 1 heterocycles. The van der Waals surface area contributed by atoms with E-state index in [1.54, 1.807) is 24.3 Å². The van der Waals surface area contributed by atoms with Gasteiger partial charge in [-0.25, -0.2) is 0 Å². The van der Waals surface area contributed by atoms with Crippen molar-refractivity contribution >= 4 is 23.2 Å². The molecule has 1 aliphatic heterocycles. The summed E-state index contributed by atoms with van der Waals surface area (Å²) in [5.74, 6) is -0.122. The number of amides is 1.